The summed E-state index contributed by atoms with van der Waals surface area (Å²) in [5, 5.41) is 3.75. The molecule has 1 saturated carbocycles. The highest BCUT2D eigenvalue weighted by Gasteiger charge is 2.12. The van der Waals surface area contributed by atoms with Gasteiger partial charge in [0.15, 0.2) is 0 Å². The SMILES string of the molecule is Cc1cccc(COc2ccccc2CNC2CCCCCC2)c1. The van der Waals surface area contributed by atoms with Crippen LogP contribution in [0.5, 0.6) is 5.75 Å². The molecular weight excluding hydrogens is 294 g/mol. The van der Waals surface area contributed by atoms with Crippen LogP contribution in [0.15, 0.2) is 48.5 Å². The minimum absolute atomic E-state index is 0.627. The van der Waals surface area contributed by atoms with Crippen LogP contribution in [0.3, 0.4) is 0 Å². The van der Waals surface area contributed by atoms with Crippen LogP contribution >= 0.6 is 0 Å². The summed E-state index contributed by atoms with van der Waals surface area (Å²) in [5.74, 6) is 1.00. The van der Waals surface area contributed by atoms with Crippen LogP contribution in [0.2, 0.25) is 0 Å². The quantitative estimate of drug-likeness (QED) is 0.720. The van der Waals surface area contributed by atoms with Crippen LogP contribution in [-0.2, 0) is 13.2 Å². The molecule has 2 nitrogen and oxygen atoms in total. The summed E-state index contributed by atoms with van der Waals surface area (Å²) in [5.41, 5.74) is 3.76. The minimum Gasteiger partial charge on any atom is -0.489 e. The zero-order chi connectivity index (χ0) is 16.6. The Balaban J connectivity index is 1.58. The molecule has 1 aliphatic carbocycles. The van der Waals surface area contributed by atoms with Crippen molar-refractivity contribution in [1.29, 1.82) is 0 Å². The summed E-state index contributed by atoms with van der Waals surface area (Å²) in [6.45, 7) is 3.64. The van der Waals surface area contributed by atoms with Crippen LogP contribution in [0.4, 0.5) is 0 Å². The van der Waals surface area contributed by atoms with Crippen LogP contribution < -0.4 is 10.1 Å². The van der Waals surface area contributed by atoms with E-state index < -0.39 is 0 Å². The van der Waals surface area contributed by atoms with Gasteiger partial charge in [-0.1, -0.05) is 73.7 Å². The molecule has 0 spiro atoms. The molecule has 1 fully saturated rings. The highest BCUT2D eigenvalue weighted by Crippen LogP contribution is 2.22. The van der Waals surface area contributed by atoms with Crippen LogP contribution in [0.1, 0.15) is 55.2 Å². The van der Waals surface area contributed by atoms with E-state index in [1.54, 1.807) is 0 Å². The topological polar surface area (TPSA) is 21.3 Å². The molecule has 2 aromatic rings. The monoisotopic (exact) mass is 323 g/mol. The molecule has 0 bridgehead atoms. The molecule has 0 heterocycles. The lowest BCUT2D eigenvalue weighted by molar-refractivity contribution is 0.301. The van der Waals surface area contributed by atoms with Gasteiger partial charge in [0.05, 0.1) is 0 Å². The Morgan fingerprint density at radius 1 is 0.958 bits per heavy atom. The number of para-hydroxylation sites is 1. The Kier molecular flexibility index (Phi) is 6.31. The summed E-state index contributed by atoms with van der Waals surface area (Å²) in [4.78, 5) is 0. The number of hydrogen-bond donors (Lipinski definition) is 1. The Hall–Kier alpha value is -1.80. The van der Waals surface area contributed by atoms with Crippen LogP contribution in [0, 0.1) is 6.92 Å². The predicted molar refractivity (Wildman–Crippen MR) is 100 cm³/mol. The number of ether oxygens (including phenoxy) is 1. The standard InChI is InChI=1S/C22H29NO/c1-18-9-8-10-19(15-18)17-24-22-14-7-6-11-20(22)16-23-21-12-4-2-3-5-13-21/h6-11,14-15,21,23H,2-5,12-13,16-17H2,1H3. The van der Waals surface area contributed by atoms with Crippen LogP contribution in [-0.4, -0.2) is 6.04 Å². The molecule has 0 unspecified atom stereocenters. The van der Waals surface area contributed by atoms with Gasteiger partial charge in [-0.3, -0.25) is 0 Å². The fraction of sp³-hybridized carbons (Fsp3) is 0.455. The van der Waals surface area contributed by atoms with Crippen molar-refractivity contribution in [2.45, 2.75) is 64.6 Å². The molecule has 0 aromatic heterocycles. The van der Waals surface area contributed by atoms with Gasteiger partial charge in [-0.25, -0.2) is 0 Å². The molecule has 0 saturated heterocycles. The Labute approximate surface area is 146 Å². The van der Waals surface area contributed by atoms with Crippen molar-refractivity contribution in [2.75, 3.05) is 0 Å². The first-order chi connectivity index (χ1) is 11.8. The normalized spacial score (nSPS) is 15.9. The van der Waals surface area contributed by atoms with Gasteiger partial charge in [-0.15, -0.1) is 0 Å². The molecule has 0 atom stereocenters. The van der Waals surface area contributed by atoms with Crippen molar-refractivity contribution < 1.29 is 4.74 Å². The molecule has 1 N–H and O–H groups in total. The second kappa shape index (κ2) is 8.89. The van der Waals surface area contributed by atoms with E-state index in [1.807, 2.05) is 0 Å². The molecule has 1 aliphatic rings. The summed E-state index contributed by atoms with van der Waals surface area (Å²) in [6.07, 6.45) is 8.15. The predicted octanol–water partition coefficient (Wildman–Crippen LogP) is 5.39. The Morgan fingerprint density at radius 2 is 1.75 bits per heavy atom. The summed E-state index contributed by atoms with van der Waals surface area (Å²) < 4.78 is 6.10. The molecule has 3 rings (SSSR count). The van der Waals surface area contributed by atoms with Gasteiger partial charge in [0, 0.05) is 18.2 Å². The molecule has 128 valence electrons. The maximum Gasteiger partial charge on any atom is 0.124 e. The van der Waals surface area contributed by atoms with Crippen molar-refractivity contribution in [2.24, 2.45) is 0 Å². The molecule has 24 heavy (non-hydrogen) atoms. The van der Waals surface area contributed by atoms with Gasteiger partial charge >= 0.3 is 0 Å². The summed E-state index contributed by atoms with van der Waals surface area (Å²) >= 11 is 0. The molecule has 2 heteroatoms. The Bertz CT molecular complexity index is 629. The lowest BCUT2D eigenvalue weighted by Gasteiger charge is -2.18. The number of aryl methyl sites for hydroxylation is 1. The number of benzene rings is 2. The fourth-order valence-corrected chi connectivity index (χ4v) is 3.49. The van der Waals surface area contributed by atoms with Crippen molar-refractivity contribution in [1.82, 2.24) is 5.32 Å². The first-order valence-electron chi connectivity index (χ1n) is 9.31. The fourth-order valence-electron chi connectivity index (χ4n) is 3.49. The first-order valence-corrected chi connectivity index (χ1v) is 9.31. The largest absolute Gasteiger partial charge is 0.489 e. The average molecular weight is 323 g/mol. The van der Waals surface area contributed by atoms with E-state index in [4.69, 9.17) is 4.74 Å². The third kappa shape index (κ3) is 5.10. The van der Waals surface area contributed by atoms with Gasteiger partial charge in [0.1, 0.15) is 12.4 Å². The van der Waals surface area contributed by atoms with Crippen molar-refractivity contribution >= 4 is 0 Å². The van der Waals surface area contributed by atoms with Crippen molar-refractivity contribution in [3.8, 4) is 5.75 Å². The van der Waals surface area contributed by atoms with E-state index in [9.17, 15) is 0 Å². The molecular formula is C22H29NO. The summed E-state index contributed by atoms with van der Waals surface area (Å²) in [7, 11) is 0. The Morgan fingerprint density at radius 3 is 2.54 bits per heavy atom. The average Bonchev–Trinajstić information content (AvgIpc) is 2.88. The smallest absolute Gasteiger partial charge is 0.124 e. The van der Waals surface area contributed by atoms with Gasteiger partial charge in [0.2, 0.25) is 0 Å². The third-order valence-corrected chi connectivity index (χ3v) is 4.89. The molecule has 0 aliphatic heterocycles. The second-order valence-electron chi connectivity index (χ2n) is 6.95. The third-order valence-electron chi connectivity index (χ3n) is 4.89. The maximum atomic E-state index is 6.10. The van der Waals surface area contributed by atoms with Gasteiger partial charge < -0.3 is 10.1 Å². The molecule has 0 radical (unpaired) electrons. The van der Waals surface area contributed by atoms with Crippen molar-refractivity contribution in [3.05, 3.63) is 65.2 Å². The van der Waals surface area contributed by atoms with E-state index in [1.165, 1.54) is 55.2 Å². The van der Waals surface area contributed by atoms with Gasteiger partial charge in [-0.2, -0.15) is 0 Å². The minimum atomic E-state index is 0.627. The second-order valence-corrected chi connectivity index (χ2v) is 6.95. The van der Waals surface area contributed by atoms with Gasteiger partial charge in [0.25, 0.3) is 0 Å². The van der Waals surface area contributed by atoms with Gasteiger partial charge in [-0.05, 0) is 31.4 Å². The summed E-state index contributed by atoms with van der Waals surface area (Å²) in [6, 6.07) is 17.6. The number of hydrogen-bond acceptors (Lipinski definition) is 2. The lowest BCUT2D eigenvalue weighted by Crippen LogP contribution is -2.28. The highest BCUT2D eigenvalue weighted by molar-refractivity contribution is 5.33. The van der Waals surface area contributed by atoms with E-state index in [0.29, 0.717) is 12.6 Å². The maximum absolute atomic E-state index is 6.10. The van der Waals surface area contributed by atoms with Crippen LogP contribution in [0.25, 0.3) is 0 Å². The highest BCUT2D eigenvalue weighted by atomic mass is 16.5. The number of rotatable bonds is 6. The molecule has 2 aromatic carbocycles. The number of nitrogens with one attached hydrogen (secondary N) is 1. The zero-order valence-corrected chi connectivity index (χ0v) is 14.8. The zero-order valence-electron chi connectivity index (χ0n) is 14.8. The lowest BCUT2D eigenvalue weighted by atomic mass is 10.1. The first kappa shape index (κ1) is 17.0. The van der Waals surface area contributed by atoms with E-state index in [-0.39, 0.29) is 0 Å². The van der Waals surface area contributed by atoms with E-state index in [0.717, 1.165) is 12.3 Å². The van der Waals surface area contributed by atoms with Crippen molar-refractivity contribution in [3.63, 3.8) is 0 Å². The van der Waals surface area contributed by atoms with E-state index >= 15 is 0 Å². The van der Waals surface area contributed by atoms with E-state index in [2.05, 4.69) is 60.8 Å². The molecule has 0 amide bonds.